The Bertz CT molecular complexity index is 1870. The number of azo groups is 1. The Hall–Kier alpha value is -4.93. The quantitative estimate of drug-likeness (QED) is 0.103. The number of fused-ring (bicyclic) bond motifs is 1. The van der Waals surface area contributed by atoms with Gasteiger partial charge in [0.1, 0.15) is 22.0 Å². The van der Waals surface area contributed by atoms with Crippen LogP contribution in [0.1, 0.15) is 22.6 Å². The second-order valence-electron chi connectivity index (χ2n) is 9.17. The fourth-order valence-corrected chi connectivity index (χ4v) is 5.48. The Labute approximate surface area is 236 Å². The molecule has 0 amide bonds. The van der Waals surface area contributed by atoms with E-state index in [4.69, 9.17) is 9.47 Å². The normalized spacial score (nSPS) is 12.5. The van der Waals surface area contributed by atoms with E-state index >= 15 is 0 Å². The van der Waals surface area contributed by atoms with Crippen molar-refractivity contribution in [2.24, 2.45) is 10.2 Å². The van der Waals surface area contributed by atoms with E-state index in [1.165, 1.54) is 26.4 Å². The number of aromatic hydroxyl groups is 2. The molecule has 0 radical (unpaired) electrons. The molecule has 9 nitrogen and oxygen atoms in total. The van der Waals surface area contributed by atoms with Crippen LogP contribution in [-0.4, -0.2) is 37.4 Å². The molecule has 1 atom stereocenters. The number of methoxy groups -OCH3 is 2. The van der Waals surface area contributed by atoms with E-state index in [-0.39, 0.29) is 33.9 Å². The molecule has 0 aliphatic carbocycles. The SMILES string of the molecule is COc1cc(C(c2ccccc2)c2ccc(N=Nc3cc(S(=O)(=O)O)c4ccccc4c3O)c(OC)c2)ccc1O. The lowest BCUT2D eigenvalue weighted by Gasteiger charge is -2.21. The number of ether oxygens (including phenoxy) is 2. The van der Waals surface area contributed by atoms with Gasteiger partial charge in [0.05, 0.1) is 14.2 Å². The summed E-state index contributed by atoms with van der Waals surface area (Å²) < 4.78 is 44.8. The third-order valence-electron chi connectivity index (χ3n) is 6.71. The first-order chi connectivity index (χ1) is 19.7. The van der Waals surface area contributed by atoms with Gasteiger partial charge in [-0.2, -0.15) is 8.42 Å². The minimum Gasteiger partial charge on any atom is -0.505 e. The topological polar surface area (TPSA) is 138 Å². The predicted octanol–water partition coefficient (Wildman–Crippen LogP) is 7.11. The summed E-state index contributed by atoms with van der Waals surface area (Å²) in [6, 6.07) is 27.7. The molecule has 0 aromatic heterocycles. The van der Waals surface area contributed by atoms with E-state index < -0.39 is 15.0 Å². The van der Waals surface area contributed by atoms with Crippen molar-refractivity contribution in [2.45, 2.75) is 10.8 Å². The molecule has 0 aliphatic heterocycles. The highest BCUT2D eigenvalue weighted by atomic mass is 32.2. The predicted molar refractivity (Wildman–Crippen MR) is 155 cm³/mol. The van der Waals surface area contributed by atoms with Gasteiger partial charge in [-0.3, -0.25) is 4.55 Å². The third kappa shape index (κ3) is 5.56. The fourth-order valence-electron chi connectivity index (χ4n) is 4.76. The number of phenols is 2. The number of hydrogen-bond donors (Lipinski definition) is 3. The second-order valence-corrected chi connectivity index (χ2v) is 10.6. The van der Waals surface area contributed by atoms with Gasteiger partial charge in [-0.15, -0.1) is 10.2 Å². The van der Waals surface area contributed by atoms with Crippen molar-refractivity contribution in [2.75, 3.05) is 14.2 Å². The monoisotopic (exact) mass is 570 g/mol. The molecular formula is C31H26N2O7S. The molecule has 10 heteroatoms. The average Bonchev–Trinajstić information content (AvgIpc) is 2.98. The highest BCUT2D eigenvalue weighted by Gasteiger charge is 2.21. The van der Waals surface area contributed by atoms with Crippen LogP contribution in [0.15, 0.2) is 112 Å². The molecule has 1 unspecified atom stereocenters. The van der Waals surface area contributed by atoms with Gasteiger partial charge in [-0.1, -0.05) is 66.7 Å². The molecule has 5 aromatic carbocycles. The summed E-state index contributed by atoms with van der Waals surface area (Å²) in [5.41, 5.74) is 2.92. The van der Waals surface area contributed by atoms with Gasteiger partial charge in [0.2, 0.25) is 0 Å². The van der Waals surface area contributed by atoms with Crippen LogP contribution in [0.4, 0.5) is 11.4 Å². The van der Waals surface area contributed by atoms with Gasteiger partial charge in [0, 0.05) is 16.7 Å². The summed E-state index contributed by atoms with van der Waals surface area (Å²) in [5, 5.41) is 29.6. The summed E-state index contributed by atoms with van der Waals surface area (Å²) in [5.74, 6) is 0.240. The number of phenolic OH excluding ortho intramolecular Hbond substituents is 2. The lowest BCUT2D eigenvalue weighted by Crippen LogP contribution is -2.04. The molecule has 208 valence electrons. The zero-order valence-electron chi connectivity index (χ0n) is 22.1. The lowest BCUT2D eigenvalue weighted by atomic mass is 9.85. The van der Waals surface area contributed by atoms with Gasteiger partial charge < -0.3 is 19.7 Å². The van der Waals surface area contributed by atoms with Crippen molar-refractivity contribution in [3.05, 3.63) is 114 Å². The Morgan fingerprint density at radius 2 is 1.24 bits per heavy atom. The molecule has 0 spiro atoms. The Morgan fingerprint density at radius 3 is 1.90 bits per heavy atom. The maximum atomic E-state index is 12.0. The van der Waals surface area contributed by atoms with Gasteiger partial charge >= 0.3 is 0 Å². The van der Waals surface area contributed by atoms with Crippen LogP contribution in [0.5, 0.6) is 23.0 Å². The minimum absolute atomic E-state index is 0.0329. The molecular weight excluding hydrogens is 544 g/mol. The number of hydrogen-bond acceptors (Lipinski definition) is 8. The van der Waals surface area contributed by atoms with Crippen LogP contribution in [0.3, 0.4) is 0 Å². The number of benzene rings is 5. The van der Waals surface area contributed by atoms with Crippen LogP contribution in [0.2, 0.25) is 0 Å². The van der Waals surface area contributed by atoms with Crippen molar-refractivity contribution >= 4 is 32.3 Å². The van der Waals surface area contributed by atoms with E-state index in [1.54, 1.807) is 30.3 Å². The molecule has 41 heavy (non-hydrogen) atoms. The zero-order valence-corrected chi connectivity index (χ0v) is 22.9. The Balaban J connectivity index is 1.59. The second kappa shape index (κ2) is 11.3. The Morgan fingerprint density at radius 1 is 0.659 bits per heavy atom. The van der Waals surface area contributed by atoms with Crippen molar-refractivity contribution in [3.8, 4) is 23.0 Å². The van der Waals surface area contributed by atoms with Crippen LogP contribution in [0.25, 0.3) is 10.8 Å². The van der Waals surface area contributed by atoms with E-state index in [9.17, 15) is 23.2 Å². The largest absolute Gasteiger partial charge is 0.505 e. The molecule has 0 saturated heterocycles. The number of nitrogens with zero attached hydrogens (tertiary/aromatic N) is 2. The highest BCUT2D eigenvalue weighted by Crippen LogP contribution is 2.42. The molecule has 3 N–H and O–H groups in total. The molecule has 0 heterocycles. The van der Waals surface area contributed by atoms with Crippen LogP contribution >= 0.6 is 0 Å². The first kappa shape index (κ1) is 27.6. The lowest BCUT2D eigenvalue weighted by molar-refractivity contribution is 0.373. The summed E-state index contributed by atoms with van der Waals surface area (Å²) in [6.07, 6.45) is 0. The molecule has 0 bridgehead atoms. The first-order valence-electron chi connectivity index (χ1n) is 12.4. The van der Waals surface area contributed by atoms with E-state index in [0.29, 0.717) is 17.2 Å². The van der Waals surface area contributed by atoms with E-state index in [2.05, 4.69) is 10.2 Å². The Kier molecular flexibility index (Phi) is 7.60. The summed E-state index contributed by atoms with van der Waals surface area (Å²) >= 11 is 0. The fraction of sp³-hybridized carbons (Fsp3) is 0.0968. The maximum Gasteiger partial charge on any atom is 0.295 e. The van der Waals surface area contributed by atoms with Gasteiger partial charge in [0.15, 0.2) is 17.2 Å². The molecule has 0 aliphatic rings. The highest BCUT2D eigenvalue weighted by molar-refractivity contribution is 7.86. The smallest absolute Gasteiger partial charge is 0.295 e. The van der Waals surface area contributed by atoms with Crippen molar-refractivity contribution in [1.82, 2.24) is 0 Å². The van der Waals surface area contributed by atoms with E-state index in [1.807, 2.05) is 48.5 Å². The van der Waals surface area contributed by atoms with Crippen molar-refractivity contribution < 1.29 is 32.7 Å². The van der Waals surface area contributed by atoms with Gasteiger partial charge in [-0.05, 0) is 47.0 Å². The van der Waals surface area contributed by atoms with Crippen LogP contribution < -0.4 is 9.47 Å². The standard InChI is InChI=1S/C31H26N2O7S/c1-39-27-16-20(30(19-8-4-3-5-9-19)21-13-15-26(34)28(17-21)40-2)12-14-24(27)32-33-25-18-29(41(36,37)38)22-10-6-7-11-23(22)31(25)35/h3-18,30,34-35H,1-2H3,(H,36,37,38). The van der Waals surface area contributed by atoms with Crippen LogP contribution in [-0.2, 0) is 10.1 Å². The molecule has 0 fully saturated rings. The van der Waals surface area contributed by atoms with Crippen molar-refractivity contribution in [3.63, 3.8) is 0 Å². The summed E-state index contributed by atoms with van der Waals surface area (Å²) in [4.78, 5) is -0.391. The minimum atomic E-state index is -4.60. The average molecular weight is 571 g/mol. The van der Waals surface area contributed by atoms with Crippen molar-refractivity contribution in [1.29, 1.82) is 0 Å². The molecule has 0 saturated carbocycles. The third-order valence-corrected chi connectivity index (χ3v) is 7.60. The summed E-state index contributed by atoms with van der Waals surface area (Å²) in [7, 11) is -1.62. The molecule has 5 rings (SSSR count). The first-order valence-corrected chi connectivity index (χ1v) is 13.9. The van der Waals surface area contributed by atoms with E-state index in [0.717, 1.165) is 22.8 Å². The number of rotatable bonds is 8. The van der Waals surface area contributed by atoms with Crippen LogP contribution in [0, 0.1) is 0 Å². The maximum absolute atomic E-state index is 12.0. The zero-order chi connectivity index (χ0) is 29.1. The molecule has 5 aromatic rings. The summed E-state index contributed by atoms with van der Waals surface area (Å²) in [6.45, 7) is 0. The van der Waals surface area contributed by atoms with Gasteiger partial charge in [-0.25, -0.2) is 0 Å². The van der Waals surface area contributed by atoms with Gasteiger partial charge in [0.25, 0.3) is 10.1 Å².